The largest absolute Gasteiger partial charge is 0.376 e. The average molecular weight is 213 g/mol. The molecule has 0 aromatic heterocycles. The van der Waals surface area contributed by atoms with E-state index in [1.165, 1.54) is 0 Å². The number of nitrogens with one attached hydrogen (secondary N) is 2. The van der Waals surface area contributed by atoms with Gasteiger partial charge in [0.1, 0.15) is 0 Å². The average Bonchev–Trinajstić information content (AvgIpc) is 2.34. The molecule has 1 rings (SSSR count). The van der Waals surface area contributed by atoms with Crippen LogP contribution in [0.15, 0.2) is 24.3 Å². The summed E-state index contributed by atoms with van der Waals surface area (Å²) in [5.41, 5.74) is 1.37. The molecule has 1 aromatic rings. The van der Waals surface area contributed by atoms with Crippen molar-refractivity contribution < 1.29 is 4.79 Å². The summed E-state index contributed by atoms with van der Waals surface area (Å²) in [7, 11) is 0. The number of terminal acetylenes is 1. The molecule has 4 nitrogen and oxygen atoms in total. The fourth-order valence-corrected chi connectivity index (χ4v) is 1.06. The Labute approximate surface area is 94.3 Å². The van der Waals surface area contributed by atoms with E-state index in [9.17, 15) is 4.79 Å². The van der Waals surface area contributed by atoms with Crippen LogP contribution in [0.4, 0.5) is 5.69 Å². The van der Waals surface area contributed by atoms with E-state index in [1.54, 1.807) is 24.3 Å². The lowest BCUT2D eigenvalue weighted by atomic mass is 10.2. The van der Waals surface area contributed by atoms with Gasteiger partial charge in [-0.15, -0.1) is 6.42 Å². The minimum atomic E-state index is -0.165. The molecule has 0 aliphatic carbocycles. The van der Waals surface area contributed by atoms with Crippen molar-refractivity contribution in [3.05, 3.63) is 29.8 Å². The summed E-state index contributed by atoms with van der Waals surface area (Å²) in [6, 6.07) is 8.87. The third-order valence-electron chi connectivity index (χ3n) is 1.85. The normalized spacial score (nSPS) is 8.62. The monoisotopic (exact) mass is 213 g/mol. The second-order valence-electron chi connectivity index (χ2n) is 3.02. The lowest BCUT2D eigenvalue weighted by Gasteiger charge is -2.05. The number of nitriles is 1. The van der Waals surface area contributed by atoms with E-state index in [1.807, 2.05) is 6.07 Å². The number of hydrogen-bond acceptors (Lipinski definition) is 3. The molecule has 0 aliphatic heterocycles. The number of amides is 1. The van der Waals surface area contributed by atoms with Gasteiger partial charge in [0.2, 0.25) is 5.91 Å². The van der Waals surface area contributed by atoms with Crippen LogP contribution in [0.2, 0.25) is 0 Å². The smallest absolute Gasteiger partial charge is 0.240 e. The molecule has 0 fully saturated rings. The Bertz CT molecular complexity index is 437. The summed E-state index contributed by atoms with van der Waals surface area (Å²) in [6.07, 6.45) is 5.00. The predicted octanol–water partition coefficient (Wildman–Crippen LogP) is 0.720. The van der Waals surface area contributed by atoms with Gasteiger partial charge in [0, 0.05) is 5.69 Å². The molecule has 80 valence electrons. The highest BCUT2D eigenvalue weighted by atomic mass is 16.1. The first-order valence-electron chi connectivity index (χ1n) is 4.70. The Kier molecular flexibility index (Phi) is 4.43. The number of carbonyl (C=O) groups is 1. The van der Waals surface area contributed by atoms with Crippen molar-refractivity contribution in [3.8, 4) is 18.4 Å². The molecule has 4 heteroatoms. The van der Waals surface area contributed by atoms with Crippen LogP contribution in [-0.2, 0) is 4.79 Å². The van der Waals surface area contributed by atoms with Gasteiger partial charge in [0.15, 0.2) is 0 Å². The van der Waals surface area contributed by atoms with E-state index >= 15 is 0 Å². The molecule has 2 N–H and O–H groups in total. The number of hydrogen-bond donors (Lipinski definition) is 2. The summed E-state index contributed by atoms with van der Waals surface area (Å²) < 4.78 is 0. The SMILES string of the molecule is C#CCNC(=O)CNc1ccc(C#N)cc1. The molecule has 1 aromatic carbocycles. The Morgan fingerprint density at radius 2 is 2.06 bits per heavy atom. The zero-order chi connectivity index (χ0) is 11.8. The van der Waals surface area contributed by atoms with Gasteiger partial charge >= 0.3 is 0 Å². The second kappa shape index (κ2) is 6.10. The molecule has 0 saturated carbocycles. The van der Waals surface area contributed by atoms with Crippen LogP contribution >= 0.6 is 0 Å². The molecular weight excluding hydrogens is 202 g/mol. The fourth-order valence-electron chi connectivity index (χ4n) is 1.06. The predicted molar refractivity (Wildman–Crippen MR) is 61.5 cm³/mol. The molecule has 0 bridgehead atoms. The van der Waals surface area contributed by atoms with E-state index in [0.717, 1.165) is 5.69 Å². The topological polar surface area (TPSA) is 64.9 Å². The summed E-state index contributed by atoms with van der Waals surface area (Å²) in [5.74, 6) is 2.15. The molecule has 0 atom stereocenters. The maximum Gasteiger partial charge on any atom is 0.240 e. The molecule has 1 amide bonds. The molecule has 0 saturated heterocycles. The van der Waals surface area contributed by atoms with E-state index < -0.39 is 0 Å². The van der Waals surface area contributed by atoms with Gasteiger partial charge in [-0.25, -0.2) is 0 Å². The molecule has 0 radical (unpaired) electrons. The van der Waals surface area contributed by atoms with Gasteiger partial charge in [0.25, 0.3) is 0 Å². The van der Waals surface area contributed by atoms with Crippen LogP contribution in [0.1, 0.15) is 5.56 Å². The van der Waals surface area contributed by atoms with Gasteiger partial charge < -0.3 is 10.6 Å². The van der Waals surface area contributed by atoms with E-state index in [4.69, 9.17) is 11.7 Å². The second-order valence-corrected chi connectivity index (χ2v) is 3.02. The Morgan fingerprint density at radius 3 is 2.62 bits per heavy atom. The minimum Gasteiger partial charge on any atom is -0.376 e. The lowest BCUT2D eigenvalue weighted by molar-refractivity contribution is -0.119. The van der Waals surface area contributed by atoms with E-state index in [0.29, 0.717) is 5.56 Å². The molecule has 0 unspecified atom stereocenters. The van der Waals surface area contributed by atoms with Crippen molar-refractivity contribution >= 4 is 11.6 Å². The Morgan fingerprint density at radius 1 is 1.38 bits per heavy atom. The van der Waals surface area contributed by atoms with E-state index in [-0.39, 0.29) is 19.0 Å². The van der Waals surface area contributed by atoms with Crippen LogP contribution in [0.25, 0.3) is 0 Å². The van der Waals surface area contributed by atoms with Crippen LogP contribution in [0.3, 0.4) is 0 Å². The molecule has 0 aliphatic rings. The highest BCUT2D eigenvalue weighted by Crippen LogP contribution is 2.07. The summed E-state index contributed by atoms with van der Waals surface area (Å²) in [6.45, 7) is 0.390. The van der Waals surface area contributed by atoms with Crippen LogP contribution in [-0.4, -0.2) is 19.0 Å². The van der Waals surface area contributed by atoms with Crippen LogP contribution in [0, 0.1) is 23.7 Å². The highest BCUT2D eigenvalue weighted by molar-refractivity contribution is 5.80. The van der Waals surface area contributed by atoms with Crippen molar-refractivity contribution in [2.24, 2.45) is 0 Å². The van der Waals surface area contributed by atoms with Crippen molar-refractivity contribution in [2.75, 3.05) is 18.4 Å². The van der Waals surface area contributed by atoms with Gasteiger partial charge in [-0.3, -0.25) is 4.79 Å². The highest BCUT2D eigenvalue weighted by Gasteiger charge is 1.99. The van der Waals surface area contributed by atoms with Crippen LogP contribution in [0.5, 0.6) is 0 Å². The zero-order valence-corrected chi connectivity index (χ0v) is 8.66. The third kappa shape index (κ3) is 3.73. The third-order valence-corrected chi connectivity index (χ3v) is 1.85. The number of anilines is 1. The first-order chi connectivity index (χ1) is 7.76. The van der Waals surface area contributed by atoms with Gasteiger partial charge in [-0.2, -0.15) is 5.26 Å². The first kappa shape index (κ1) is 11.6. The van der Waals surface area contributed by atoms with Crippen molar-refractivity contribution in [1.29, 1.82) is 5.26 Å². The number of nitrogens with zero attached hydrogens (tertiary/aromatic N) is 1. The lowest BCUT2D eigenvalue weighted by Crippen LogP contribution is -2.29. The Balaban J connectivity index is 2.40. The maximum atomic E-state index is 11.2. The first-order valence-corrected chi connectivity index (χ1v) is 4.70. The number of benzene rings is 1. The van der Waals surface area contributed by atoms with Gasteiger partial charge in [0.05, 0.1) is 24.7 Å². The van der Waals surface area contributed by atoms with Crippen molar-refractivity contribution in [1.82, 2.24) is 5.32 Å². The van der Waals surface area contributed by atoms with Crippen molar-refractivity contribution in [3.63, 3.8) is 0 Å². The number of carbonyl (C=O) groups excluding carboxylic acids is 1. The summed E-state index contributed by atoms with van der Waals surface area (Å²) in [4.78, 5) is 11.2. The van der Waals surface area contributed by atoms with Crippen molar-refractivity contribution in [2.45, 2.75) is 0 Å². The summed E-state index contributed by atoms with van der Waals surface area (Å²) >= 11 is 0. The van der Waals surface area contributed by atoms with E-state index in [2.05, 4.69) is 16.6 Å². The summed E-state index contributed by atoms with van der Waals surface area (Å²) in [5, 5.41) is 14.0. The minimum absolute atomic E-state index is 0.160. The number of rotatable bonds is 4. The molecular formula is C12H11N3O. The molecule has 16 heavy (non-hydrogen) atoms. The standard InChI is InChI=1S/C12H11N3O/c1-2-7-14-12(16)9-15-11-5-3-10(8-13)4-6-11/h1,3-6,15H,7,9H2,(H,14,16). The zero-order valence-electron chi connectivity index (χ0n) is 8.66. The quantitative estimate of drug-likeness (QED) is 0.724. The van der Waals surface area contributed by atoms with Crippen LogP contribution < -0.4 is 10.6 Å². The van der Waals surface area contributed by atoms with Gasteiger partial charge in [-0.1, -0.05) is 5.92 Å². The molecule has 0 heterocycles. The Hall–Kier alpha value is -2.46. The maximum absolute atomic E-state index is 11.2. The molecule has 0 spiro atoms. The fraction of sp³-hybridized carbons (Fsp3) is 0.167. The van der Waals surface area contributed by atoms with Gasteiger partial charge in [-0.05, 0) is 24.3 Å².